The number of anilines is 1. The Morgan fingerprint density at radius 2 is 2.00 bits per heavy atom. The van der Waals surface area contributed by atoms with Gasteiger partial charge in [0.1, 0.15) is 5.82 Å². The number of nitrogens with zero attached hydrogens (tertiary/aromatic N) is 2. The van der Waals surface area contributed by atoms with Gasteiger partial charge in [0, 0.05) is 18.0 Å². The standard InChI is InChI=1S/C18H21F3N4O.ClH/c1-11-9-16(23-17(26)12-5-4-6-13(22)10-12)25(24-11)15-8-3-2-7-14(15)18(19,20)21;/h2-3,7-9,12-13H,4-6,10,22H2,1H3,(H,23,26);1H. The quantitative estimate of drug-likeness (QED) is 0.812. The Hall–Kier alpha value is -2.06. The van der Waals surface area contributed by atoms with Gasteiger partial charge in [-0.25, -0.2) is 4.68 Å². The van der Waals surface area contributed by atoms with Crippen LogP contribution in [0.5, 0.6) is 0 Å². The fraction of sp³-hybridized carbons (Fsp3) is 0.444. The van der Waals surface area contributed by atoms with E-state index in [1.54, 1.807) is 13.0 Å². The first-order chi connectivity index (χ1) is 12.3. The second-order valence-corrected chi connectivity index (χ2v) is 6.71. The Balaban J connectivity index is 0.00000261. The van der Waals surface area contributed by atoms with Gasteiger partial charge >= 0.3 is 6.18 Å². The van der Waals surface area contributed by atoms with Gasteiger partial charge in [0.2, 0.25) is 5.91 Å². The van der Waals surface area contributed by atoms with Crippen molar-refractivity contribution in [2.24, 2.45) is 11.7 Å². The van der Waals surface area contributed by atoms with Gasteiger partial charge in [-0.15, -0.1) is 12.4 Å². The number of carbonyl (C=O) groups is 1. The first kappa shape index (κ1) is 21.2. The summed E-state index contributed by atoms with van der Waals surface area (Å²) in [5, 5.41) is 6.88. The predicted octanol–water partition coefficient (Wildman–Crippen LogP) is 4.08. The first-order valence-corrected chi connectivity index (χ1v) is 8.55. The van der Waals surface area contributed by atoms with Gasteiger partial charge < -0.3 is 11.1 Å². The van der Waals surface area contributed by atoms with Gasteiger partial charge in [-0.05, 0) is 38.3 Å². The largest absolute Gasteiger partial charge is 0.418 e. The van der Waals surface area contributed by atoms with Crippen molar-refractivity contribution in [3.63, 3.8) is 0 Å². The summed E-state index contributed by atoms with van der Waals surface area (Å²) in [5.74, 6) is -0.241. The maximum Gasteiger partial charge on any atom is 0.418 e. The monoisotopic (exact) mass is 402 g/mol. The molecule has 27 heavy (non-hydrogen) atoms. The highest BCUT2D eigenvalue weighted by atomic mass is 35.5. The molecule has 0 radical (unpaired) electrons. The van der Waals surface area contributed by atoms with Crippen molar-refractivity contribution >= 4 is 24.1 Å². The molecule has 148 valence electrons. The fourth-order valence-electron chi connectivity index (χ4n) is 3.36. The van der Waals surface area contributed by atoms with Gasteiger partial charge in [0.25, 0.3) is 0 Å². The van der Waals surface area contributed by atoms with Gasteiger partial charge in [-0.3, -0.25) is 4.79 Å². The SMILES string of the molecule is Cc1cc(NC(=O)C2CCCC(N)C2)n(-c2ccccc2C(F)(F)F)n1.Cl. The third-order valence-corrected chi connectivity index (χ3v) is 4.61. The third kappa shape index (κ3) is 4.81. The molecule has 5 nitrogen and oxygen atoms in total. The van der Waals surface area contributed by atoms with Crippen LogP contribution >= 0.6 is 12.4 Å². The van der Waals surface area contributed by atoms with E-state index in [1.807, 2.05) is 0 Å². The maximum absolute atomic E-state index is 13.3. The summed E-state index contributed by atoms with van der Waals surface area (Å²) in [4.78, 5) is 12.6. The van der Waals surface area contributed by atoms with Crippen molar-refractivity contribution in [1.29, 1.82) is 0 Å². The van der Waals surface area contributed by atoms with Crippen LogP contribution in [0.4, 0.5) is 19.0 Å². The highest BCUT2D eigenvalue weighted by Gasteiger charge is 2.34. The Morgan fingerprint density at radius 3 is 2.67 bits per heavy atom. The van der Waals surface area contributed by atoms with Gasteiger partial charge in [0.15, 0.2) is 0 Å². The number of benzene rings is 1. The highest BCUT2D eigenvalue weighted by Crippen LogP contribution is 2.35. The van der Waals surface area contributed by atoms with E-state index in [9.17, 15) is 18.0 Å². The van der Waals surface area contributed by atoms with Gasteiger partial charge in [0.05, 0.1) is 16.9 Å². The summed E-state index contributed by atoms with van der Waals surface area (Å²) < 4.78 is 41.1. The number of amides is 1. The number of nitrogens with one attached hydrogen (secondary N) is 1. The number of hydrogen-bond acceptors (Lipinski definition) is 3. The lowest BCUT2D eigenvalue weighted by molar-refractivity contribution is -0.137. The number of carbonyl (C=O) groups excluding carboxylic acids is 1. The second-order valence-electron chi connectivity index (χ2n) is 6.71. The van der Waals surface area contributed by atoms with Crippen LogP contribution in [0.15, 0.2) is 30.3 Å². The number of alkyl halides is 3. The summed E-state index contributed by atoms with van der Waals surface area (Å²) in [7, 11) is 0. The number of aromatic nitrogens is 2. The molecular weight excluding hydrogens is 381 g/mol. The van der Waals surface area contributed by atoms with E-state index in [-0.39, 0.29) is 41.8 Å². The van der Waals surface area contributed by atoms with E-state index in [4.69, 9.17) is 5.73 Å². The molecule has 0 spiro atoms. The minimum atomic E-state index is -4.52. The van der Waals surface area contributed by atoms with Crippen molar-refractivity contribution in [3.05, 3.63) is 41.6 Å². The average Bonchev–Trinajstić information content (AvgIpc) is 2.94. The minimum Gasteiger partial charge on any atom is -0.328 e. The number of hydrogen-bond donors (Lipinski definition) is 2. The van der Waals surface area contributed by atoms with E-state index in [0.717, 1.165) is 30.0 Å². The molecule has 9 heteroatoms. The maximum atomic E-state index is 13.3. The third-order valence-electron chi connectivity index (χ3n) is 4.61. The molecule has 3 N–H and O–H groups in total. The van der Waals surface area contributed by atoms with Crippen molar-refractivity contribution < 1.29 is 18.0 Å². The summed E-state index contributed by atoms with van der Waals surface area (Å²) in [6.07, 6.45) is -1.45. The van der Waals surface area contributed by atoms with E-state index < -0.39 is 11.7 Å². The topological polar surface area (TPSA) is 72.9 Å². The molecule has 1 aliphatic rings. The first-order valence-electron chi connectivity index (χ1n) is 8.55. The molecule has 1 aromatic carbocycles. The number of rotatable bonds is 3. The molecule has 1 aromatic heterocycles. The van der Waals surface area contributed by atoms with Crippen LogP contribution in [0.25, 0.3) is 5.69 Å². The zero-order valence-electron chi connectivity index (χ0n) is 14.8. The van der Waals surface area contributed by atoms with Crippen molar-refractivity contribution in [2.45, 2.75) is 44.8 Å². The van der Waals surface area contributed by atoms with Crippen LogP contribution in [0, 0.1) is 12.8 Å². The molecule has 1 aliphatic carbocycles. The van der Waals surface area contributed by atoms with Crippen LogP contribution in [-0.4, -0.2) is 21.7 Å². The normalized spacial score (nSPS) is 20.0. The molecule has 2 aromatic rings. The Kier molecular flexibility index (Phi) is 6.54. The van der Waals surface area contributed by atoms with E-state index in [1.165, 1.54) is 18.2 Å². The zero-order chi connectivity index (χ0) is 18.9. The molecule has 0 aliphatic heterocycles. The minimum absolute atomic E-state index is 0. The molecule has 1 fully saturated rings. The fourth-order valence-corrected chi connectivity index (χ4v) is 3.36. The van der Waals surface area contributed by atoms with Crippen molar-refractivity contribution in [3.8, 4) is 5.69 Å². The van der Waals surface area contributed by atoms with E-state index in [0.29, 0.717) is 12.1 Å². The predicted molar refractivity (Wildman–Crippen MR) is 99.1 cm³/mol. The number of para-hydroxylation sites is 1. The van der Waals surface area contributed by atoms with Gasteiger partial charge in [-0.1, -0.05) is 18.6 Å². The zero-order valence-corrected chi connectivity index (χ0v) is 15.6. The van der Waals surface area contributed by atoms with E-state index >= 15 is 0 Å². The molecule has 1 heterocycles. The summed E-state index contributed by atoms with van der Waals surface area (Å²) in [6, 6.07) is 6.71. The molecule has 3 rings (SSSR count). The summed E-state index contributed by atoms with van der Waals surface area (Å²) in [5.41, 5.74) is 5.51. The van der Waals surface area contributed by atoms with Crippen LogP contribution in [0.1, 0.15) is 36.9 Å². The number of nitrogens with two attached hydrogens (primary N) is 1. The van der Waals surface area contributed by atoms with Crippen molar-refractivity contribution in [2.75, 3.05) is 5.32 Å². The van der Waals surface area contributed by atoms with Crippen LogP contribution in [0.2, 0.25) is 0 Å². The second kappa shape index (κ2) is 8.31. The molecule has 0 saturated heterocycles. The molecule has 0 bridgehead atoms. The Bertz CT molecular complexity index is 806. The molecule has 1 saturated carbocycles. The van der Waals surface area contributed by atoms with Crippen molar-refractivity contribution in [1.82, 2.24) is 9.78 Å². The lowest BCUT2D eigenvalue weighted by atomic mass is 9.85. The molecule has 2 unspecified atom stereocenters. The van der Waals surface area contributed by atoms with Crippen LogP contribution in [-0.2, 0) is 11.0 Å². The molecular formula is C18H22ClF3N4O. The lowest BCUT2D eigenvalue weighted by Gasteiger charge is -2.25. The molecule has 2 atom stereocenters. The highest BCUT2D eigenvalue weighted by molar-refractivity contribution is 5.92. The van der Waals surface area contributed by atoms with Gasteiger partial charge in [-0.2, -0.15) is 18.3 Å². The Morgan fingerprint density at radius 1 is 1.30 bits per heavy atom. The molecule has 1 amide bonds. The van der Waals surface area contributed by atoms with Crippen LogP contribution in [0.3, 0.4) is 0 Å². The Labute approximate surface area is 161 Å². The summed E-state index contributed by atoms with van der Waals surface area (Å²) in [6.45, 7) is 1.67. The summed E-state index contributed by atoms with van der Waals surface area (Å²) >= 11 is 0. The number of halogens is 4. The van der Waals surface area contributed by atoms with E-state index in [2.05, 4.69) is 10.4 Å². The lowest BCUT2D eigenvalue weighted by Crippen LogP contribution is -2.34. The number of aryl methyl sites for hydroxylation is 1. The smallest absolute Gasteiger partial charge is 0.328 e. The van der Waals surface area contributed by atoms with Crippen LogP contribution < -0.4 is 11.1 Å². The average molecular weight is 403 g/mol.